The highest BCUT2D eigenvalue weighted by molar-refractivity contribution is 6.31. The van der Waals surface area contributed by atoms with Crippen molar-refractivity contribution < 1.29 is 24.6 Å². The molecule has 0 heterocycles. The van der Waals surface area contributed by atoms with Crippen molar-refractivity contribution in [1.82, 2.24) is 4.90 Å². The Kier molecular flexibility index (Phi) is 6.17. The monoisotopic (exact) mass is 313 g/mol. The lowest BCUT2D eigenvalue weighted by atomic mass is 10.1. The highest BCUT2D eigenvalue weighted by Crippen LogP contribution is 2.17. The predicted octanol–water partition coefficient (Wildman–Crippen LogP) is 1.58. The Bertz CT molecular complexity index is 542. The first-order valence-corrected chi connectivity index (χ1v) is 6.63. The number of carboxylic acid groups (broad SMARTS) is 2. The molecule has 7 heteroatoms. The third-order valence-electron chi connectivity index (χ3n) is 2.87. The fraction of sp³-hybridized carbons (Fsp3) is 0.357. The smallest absolute Gasteiger partial charge is 0.323 e. The Labute approximate surface area is 126 Å². The normalized spacial score (nSPS) is 10.2. The second-order valence-electron chi connectivity index (χ2n) is 4.62. The van der Waals surface area contributed by atoms with E-state index in [0.29, 0.717) is 11.4 Å². The van der Waals surface area contributed by atoms with Crippen molar-refractivity contribution in [2.24, 2.45) is 0 Å². The van der Waals surface area contributed by atoms with E-state index in [1.54, 1.807) is 6.07 Å². The lowest BCUT2D eigenvalue weighted by Gasteiger charge is -2.18. The Hall–Kier alpha value is -2.08. The molecule has 0 saturated heterocycles. The molecular weight excluding hydrogens is 298 g/mol. The molecule has 0 radical (unpaired) electrons. The molecule has 1 aromatic carbocycles. The van der Waals surface area contributed by atoms with Gasteiger partial charge in [0.15, 0.2) is 0 Å². The summed E-state index contributed by atoms with van der Waals surface area (Å²) in [6.07, 6.45) is 0.397. The lowest BCUT2D eigenvalue weighted by Crippen LogP contribution is -2.39. The van der Waals surface area contributed by atoms with Crippen LogP contribution < -0.4 is 0 Å². The number of aliphatic carboxylic acids is 2. The largest absolute Gasteiger partial charge is 0.480 e. The summed E-state index contributed by atoms with van der Waals surface area (Å²) in [4.78, 5) is 34.0. The molecule has 0 spiro atoms. The highest BCUT2D eigenvalue weighted by Gasteiger charge is 2.19. The topological polar surface area (TPSA) is 94.9 Å². The van der Waals surface area contributed by atoms with Crippen LogP contribution in [0.2, 0.25) is 5.02 Å². The predicted molar refractivity (Wildman–Crippen MR) is 76.4 cm³/mol. The molecule has 0 atom stereocenters. The van der Waals surface area contributed by atoms with E-state index in [1.807, 2.05) is 19.1 Å². The molecule has 0 aliphatic rings. The van der Waals surface area contributed by atoms with Crippen molar-refractivity contribution in [3.05, 3.63) is 34.3 Å². The van der Waals surface area contributed by atoms with E-state index >= 15 is 0 Å². The van der Waals surface area contributed by atoms with E-state index in [-0.39, 0.29) is 6.42 Å². The Morgan fingerprint density at radius 3 is 2.19 bits per heavy atom. The molecule has 0 saturated carbocycles. The molecule has 1 rings (SSSR count). The number of carbonyl (C=O) groups excluding carboxylic acids is 1. The van der Waals surface area contributed by atoms with E-state index in [4.69, 9.17) is 21.8 Å². The van der Waals surface area contributed by atoms with E-state index in [1.165, 1.54) is 0 Å². The van der Waals surface area contributed by atoms with Crippen LogP contribution in [0.25, 0.3) is 0 Å². The summed E-state index contributed by atoms with van der Waals surface area (Å²) in [5, 5.41) is 18.0. The van der Waals surface area contributed by atoms with Gasteiger partial charge < -0.3 is 15.1 Å². The molecule has 6 nitrogen and oxygen atoms in total. The van der Waals surface area contributed by atoms with Crippen molar-refractivity contribution in [2.45, 2.75) is 19.8 Å². The summed E-state index contributed by atoms with van der Waals surface area (Å²) in [7, 11) is 0. The van der Waals surface area contributed by atoms with E-state index < -0.39 is 30.9 Å². The van der Waals surface area contributed by atoms with Crippen LogP contribution in [0, 0.1) is 6.92 Å². The molecule has 0 aromatic heterocycles. The molecular formula is C14H16ClNO5. The van der Waals surface area contributed by atoms with Crippen LogP contribution in [0.1, 0.15) is 17.5 Å². The molecule has 1 aromatic rings. The molecule has 114 valence electrons. The van der Waals surface area contributed by atoms with Gasteiger partial charge in [0.05, 0.1) is 0 Å². The maximum Gasteiger partial charge on any atom is 0.323 e. The molecule has 21 heavy (non-hydrogen) atoms. The van der Waals surface area contributed by atoms with Gasteiger partial charge in [0.1, 0.15) is 13.1 Å². The zero-order valence-corrected chi connectivity index (χ0v) is 12.3. The van der Waals surface area contributed by atoms with Crippen LogP contribution in [0.3, 0.4) is 0 Å². The van der Waals surface area contributed by atoms with E-state index in [0.717, 1.165) is 16.0 Å². The minimum absolute atomic E-state index is 0.0277. The van der Waals surface area contributed by atoms with Crippen LogP contribution >= 0.6 is 11.6 Å². The second-order valence-corrected chi connectivity index (χ2v) is 5.03. The first-order valence-electron chi connectivity index (χ1n) is 6.26. The number of amides is 1. The maximum atomic E-state index is 11.9. The number of halogens is 1. The van der Waals surface area contributed by atoms with Gasteiger partial charge in [-0.1, -0.05) is 23.7 Å². The van der Waals surface area contributed by atoms with Crippen LogP contribution in [-0.2, 0) is 20.8 Å². The minimum Gasteiger partial charge on any atom is -0.480 e. The molecule has 1 amide bonds. The van der Waals surface area contributed by atoms with Crippen molar-refractivity contribution in [3.63, 3.8) is 0 Å². The van der Waals surface area contributed by atoms with Crippen molar-refractivity contribution in [3.8, 4) is 0 Å². The first-order chi connectivity index (χ1) is 9.79. The third kappa shape index (κ3) is 5.83. The van der Waals surface area contributed by atoms with Crippen LogP contribution in [0.15, 0.2) is 18.2 Å². The number of nitrogens with zero attached hydrogens (tertiary/aromatic N) is 1. The Morgan fingerprint density at radius 1 is 1.14 bits per heavy atom. The quantitative estimate of drug-likeness (QED) is 0.797. The van der Waals surface area contributed by atoms with Gasteiger partial charge in [-0.3, -0.25) is 14.4 Å². The summed E-state index contributed by atoms with van der Waals surface area (Å²) in [5.74, 6) is -3.01. The second kappa shape index (κ2) is 7.64. The number of aryl methyl sites for hydroxylation is 2. The number of benzene rings is 1. The average Bonchev–Trinajstić information content (AvgIpc) is 2.38. The van der Waals surface area contributed by atoms with Crippen molar-refractivity contribution in [1.29, 1.82) is 0 Å². The highest BCUT2D eigenvalue weighted by atomic mass is 35.5. The number of hydrogen-bond donors (Lipinski definition) is 2. The lowest BCUT2D eigenvalue weighted by molar-refractivity contribution is -0.149. The first kappa shape index (κ1) is 17.0. The van der Waals surface area contributed by atoms with Gasteiger partial charge in [0, 0.05) is 11.4 Å². The Morgan fingerprint density at radius 2 is 1.71 bits per heavy atom. The minimum atomic E-state index is -1.25. The summed E-state index contributed by atoms with van der Waals surface area (Å²) in [5.41, 5.74) is 1.76. The van der Waals surface area contributed by atoms with Crippen LogP contribution in [0.4, 0.5) is 0 Å². The third-order valence-corrected chi connectivity index (χ3v) is 3.28. The van der Waals surface area contributed by atoms with Crippen molar-refractivity contribution in [2.75, 3.05) is 13.1 Å². The summed E-state index contributed by atoms with van der Waals surface area (Å²) in [6, 6.07) is 5.39. The summed E-state index contributed by atoms with van der Waals surface area (Å²) in [6.45, 7) is 0.609. The standard InChI is InChI=1S/C14H16ClNO5/c1-9-2-3-10(6-11(9)15)4-5-12(17)16(7-13(18)19)8-14(20)21/h2-3,6H,4-5,7-8H2,1H3,(H,18,19)(H,20,21). The van der Waals surface area contributed by atoms with Gasteiger partial charge in [-0.05, 0) is 30.5 Å². The Balaban J connectivity index is 2.65. The van der Waals surface area contributed by atoms with Gasteiger partial charge in [-0.25, -0.2) is 0 Å². The summed E-state index contributed by atoms with van der Waals surface area (Å²) < 4.78 is 0. The number of carbonyl (C=O) groups is 3. The van der Waals surface area contributed by atoms with Gasteiger partial charge in [0.2, 0.25) is 5.91 Å². The molecule has 0 aliphatic heterocycles. The van der Waals surface area contributed by atoms with E-state index in [2.05, 4.69) is 0 Å². The van der Waals surface area contributed by atoms with Gasteiger partial charge in [-0.15, -0.1) is 0 Å². The zero-order chi connectivity index (χ0) is 16.0. The molecule has 0 unspecified atom stereocenters. The van der Waals surface area contributed by atoms with Gasteiger partial charge >= 0.3 is 11.9 Å². The van der Waals surface area contributed by atoms with Gasteiger partial charge in [-0.2, -0.15) is 0 Å². The van der Waals surface area contributed by atoms with Gasteiger partial charge in [0.25, 0.3) is 0 Å². The maximum absolute atomic E-state index is 11.9. The average molecular weight is 314 g/mol. The SMILES string of the molecule is Cc1ccc(CCC(=O)N(CC(=O)O)CC(=O)O)cc1Cl. The van der Waals surface area contributed by atoms with Crippen molar-refractivity contribution >= 4 is 29.4 Å². The van der Waals surface area contributed by atoms with E-state index in [9.17, 15) is 14.4 Å². The van der Waals surface area contributed by atoms with Crippen LogP contribution in [-0.4, -0.2) is 46.0 Å². The fourth-order valence-corrected chi connectivity index (χ4v) is 1.96. The van der Waals surface area contributed by atoms with Crippen LogP contribution in [0.5, 0.6) is 0 Å². The molecule has 0 fully saturated rings. The number of rotatable bonds is 7. The fourth-order valence-electron chi connectivity index (χ4n) is 1.76. The molecule has 0 aliphatic carbocycles. The number of carboxylic acids is 2. The zero-order valence-electron chi connectivity index (χ0n) is 11.5. The molecule has 2 N–H and O–H groups in total. The number of hydrogen-bond acceptors (Lipinski definition) is 3. The summed E-state index contributed by atoms with van der Waals surface area (Å²) >= 11 is 5.98. The molecule has 0 bridgehead atoms.